The number of fused-ring (bicyclic) bond motifs is 1. The number of aromatic nitrogens is 1. The zero-order valence-corrected chi connectivity index (χ0v) is 17.0. The second kappa shape index (κ2) is 8.11. The molecule has 0 amide bonds. The molecule has 2 aromatic rings. The Hall–Kier alpha value is -2.09. The van der Waals surface area contributed by atoms with Gasteiger partial charge in [-0.05, 0) is 31.5 Å². The van der Waals surface area contributed by atoms with Crippen LogP contribution in [0.15, 0.2) is 48.7 Å². The van der Waals surface area contributed by atoms with Crippen LogP contribution in [0, 0.1) is 0 Å². The minimum atomic E-state index is -3.51. The second-order valence-corrected chi connectivity index (χ2v) is 9.21. The number of piperazine rings is 1. The number of benzene rings is 1. The number of allylic oxidation sites excluding steroid dienone is 3. The highest BCUT2D eigenvalue weighted by molar-refractivity contribution is 7.90. The molecule has 2 aliphatic rings. The maximum Gasteiger partial charge on any atom is 0.245 e. The Labute approximate surface area is 166 Å². The van der Waals surface area contributed by atoms with E-state index < -0.39 is 15.3 Å². The first-order chi connectivity index (χ1) is 13.6. The van der Waals surface area contributed by atoms with Gasteiger partial charge in [-0.1, -0.05) is 24.3 Å². The summed E-state index contributed by atoms with van der Waals surface area (Å²) in [5.41, 5.74) is 1.78. The third-order valence-corrected chi connectivity index (χ3v) is 7.38. The third kappa shape index (κ3) is 3.62. The smallest absolute Gasteiger partial charge is 0.245 e. The van der Waals surface area contributed by atoms with Crippen molar-refractivity contribution in [2.24, 2.45) is 0 Å². The monoisotopic (exact) mass is 401 g/mol. The fourth-order valence-corrected chi connectivity index (χ4v) is 5.53. The first-order valence-electron chi connectivity index (χ1n) is 9.88. The molecule has 28 heavy (non-hydrogen) atoms. The van der Waals surface area contributed by atoms with Crippen molar-refractivity contribution in [1.82, 2.24) is 14.2 Å². The molecule has 1 unspecified atom stereocenters. The molecule has 1 aromatic carbocycles. The molecule has 0 saturated carbocycles. The maximum atomic E-state index is 13.2. The van der Waals surface area contributed by atoms with Gasteiger partial charge in [-0.15, -0.1) is 0 Å². The van der Waals surface area contributed by atoms with Crippen LogP contribution in [0.4, 0.5) is 0 Å². The summed E-state index contributed by atoms with van der Waals surface area (Å²) in [6, 6.07) is 5.68. The molecule has 2 heterocycles. The average molecular weight is 402 g/mol. The van der Waals surface area contributed by atoms with Gasteiger partial charge in [0.25, 0.3) is 0 Å². The van der Waals surface area contributed by atoms with Crippen LogP contribution in [-0.4, -0.2) is 55.3 Å². The van der Waals surface area contributed by atoms with Crippen LogP contribution < -0.4 is 10.1 Å². The summed E-state index contributed by atoms with van der Waals surface area (Å²) in [6.07, 6.45) is 9.54. The van der Waals surface area contributed by atoms with E-state index in [1.807, 2.05) is 37.3 Å². The number of nitrogens with one attached hydrogen (secondary N) is 1. The SMILES string of the molecule is CCOc1ccc2c(ccn2S(=O)(=O)C2C=CC=CC2)c1CN1CCNCC1. The van der Waals surface area contributed by atoms with Gasteiger partial charge < -0.3 is 10.1 Å². The van der Waals surface area contributed by atoms with Crippen molar-refractivity contribution < 1.29 is 13.2 Å². The summed E-state index contributed by atoms with van der Waals surface area (Å²) in [6.45, 7) is 7.19. The summed E-state index contributed by atoms with van der Waals surface area (Å²) in [5, 5.41) is 3.79. The van der Waals surface area contributed by atoms with E-state index in [4.69, 9.17) is 4.74 Å². The Morgan fingerprint density at radius 2 is 2.00 bits per heavy atom. The molecule has 150 valence electrons. The van der Waals surface area contributed by atoms with Crippen molar-refractivity contribution in [2.75, 3.05) is 32.8 Å². The molecule has 1 aliphatic heterocycles. The van der Waals surface area contributed by atoms with Crippen molar-refractivity contribution in [3.63, 3.8) is 0 Å². The summed E-state index contributed by atoms with van der Waals surface area (Å²) in [4.78, 5) is 2.38. The van der Waals surface area contributed by atoms with Gasteiger partial charge in [0.05, 0.1) is 12.1 Å². The van der Waals surface area contributed by atoms with Gasteiger partial charge in [-0.25, -0.2) is 12.4 Å². The Balaban J connectivity index is 1.76. The quantitative estimate of drug-likeness (QED) is 0.806. The van der Waals surface area contributed by atoms with Crippen LogP contribution in [0.3, 0.4) is 0 Å². The van der Waals surface area contributed by atoms with Gasteiger partial charge in [0, 0.05) is 49.9 Å². The summed E-state index contributed by atoms with van der Waals surface area (Å²) in [7, 11) is -3.51. The molecule has 1 saturated heterocycles. The Kier molecular flexibility index (Phi) is 5.57. The van der Waals surface area contributed by atoms with Gasteiger partial charge in [-0.2, -0.15) is 0 Å². The molecule has 0 radical (unpaired) electrons. The lowest BCUT2D eigenvalue weighted by molar-refractivity contribution is 0.229. The van der Waals surface area contributed by atoms with Gasteiger partial charge in [0.15, 0.2) is 0 Å². The zero-order chi connectivity index (χ0) is 19.6. The zero-order valence-electron chi connectivity index (χ0n) is 16.2. The van der Waals surface area contributed by atoms with Crippen molar-refractivity contribution in [3.8, 4) is 5.75 Å². The first-order valence-corrected chi connectivity index (χ1v) is 11.4. The second-order valence-electron chi connectivity index (χ2n) is 7.18. The lowest BCUT2D eigenvalue weighted by Gasteiger charge is -2.28. The van der Waals surface area contributed by atoms with Crippen LogP contribution in [0.25, 0.3) is 10.9 Å². The van der Waals surface area contributed by atoms with E-state index in [9.17, 15) is 8.42 Å². The van der Waals surface area contributed by atoms with Gasteiger partial charge in [0.2, 0.25) is 10.0 Å². The molecule has 1 aromatic heterocycles. The number of hydrogen-bond donors (Lipinski definition) is 1. The predicted octanol–water partition coefficient (Wildman–Crippen LogP) is 2.51. The van der Waals surface area contributed by atoms with E-state index in [0.29, 0.717) is 13.0 Å². The maximum absolute atomic E-state index is 13.2. The minimum Gasteiger partial charge on any atom is -0.494 e. The van der Waals surface area contributed by atoms with E-state index in [1.165, 1.54) is 3.97 Å². The van der Waals surface area contributed by atoms with Gasteiger partial charge >= 0.3 is 0 Å². The fraction of sp³-hybridized carbons (Fsp3) is 0.429. The molecule has 1 atom stereocenters. The largest absolute Gasteiger partial charge is 0.494 e. The molecular formula is C21H27N3O3S. The number of nitrogens with zero attached hydrogens (tertiary/aromatic N) is 2. The van der Waals surface area contributed by atoms with E-state index in [1.54, 1.807) is 18.3 Å². The van der Waals surface area contributed by atoms with E-state index >= 15 is 0 Å². The number of rotatable bonds is 6. The van der Waals surface area contributed by atoms with Crippen molar-refractivity contribution in [2.45, 2.75) is 25.1 Å². The molecule has 0 bridgehead atoms. The topological polar surface area (TPSA) is 63.6 Å². The van der Waals surface area contributed by atoms with Crippen molar-refractivity contribution in [1.29, 1.82) is 0 Å². The van der Waals surface area contributed by atoms with E-state index in [2.05, 4.69) is 10.2 Å². The molecule has 6 nitrogen and oxygen atoms in total. The third-order valence-electron chi connectivity index (χ3n) is 5.39. The molecule has 1 fully saturated rings. The average Bonchev–Trinajstić information content (AvgIpc) is 3.17. The highest BCUT2D eigenvalue weighted by Crippen LogP contribution is 2.32. The normalized spacial score (nSPS) is 20.7. The van der Waals surface area contributed by atoms with Crippen LogP contribution in [0.2, 0.25) is 0 Å². The summed E-state index contributed by atoms with van der Waals surface area (Å²) < 4.78 is 33.7. The predicted molar refractivity (Wildman–Crippen MR) is 112 cm³/mol. The van der Waals surface area contributed by atoms with E-state index in [0.717, 1.165) is 54.9 Å². The standard InChI is InChI=1S/C21H27N3O3S/c1-2-27-21-9-8-20-18(19(21)16-23-14-11-22-12-15-23)10-13-24(20)28(25,26)17-6-4-3-5-7-17/h3-6,8-10,13,17,22H,2,7,11-12,14-16H2,1H3. The van der Waals surface area contributed by atoms with Crippen LogP contribution >= 0.6 is 0 Å². The van der Waals surface area contributed by atoms with Crippen molar-refractivity contribution >= 4 is 20.9 Å². The molecule has 1 N–H and O–H groups in total. The Morgan fingerprint density at radius 3 is 2.71 bits per heavy atom. The molecule has 7 heteroatoms. The Bertz CT molecular complexity index is 1000. The molecule has 4 rings (SSSR count). The lowest BCUT2D eigenvalue weighted by atomic mass is 10.1. The first kappa shape index (κ1) is 19.2. The van der Waals surface area contributed by atoms with Gasteiger partial charge in [0.1, 0.15) is 11.0 Å². The number of hydrogen-bond acceptors (Lipinski definition) is 5. The number of ether oxygens (including phenoxy) is 1. The molecular weight excluding hydrogens is 374 g/mol. The molecule has 0 spiro atoms. The Morgan fingerprint density at radius 1 is 1.18 bits per heavy atom. The fourth-order valence-electron chi connectivity index (χ4n) is 3.93. The lowest BCUT2D eigenvalue weighted by Crippen LogP contribution is -2.42. The van der Waals surface area contributed by atoms with Crippen molar-refractivity contribution in [3.05, 3.63) is 54.3 Å². The highest BCUT2D eigenvalue weighted by atomic mass is 32.2. The van der Waals surface area contributed by atoms with Crippen LogP contribution in [0.5, 0.6) is 5.75 Å². The highest BCUT2D eigenvalue weighted by Gasteiger charge is 2.27. The van der Waals surface area contributed by atoms with Crippen LogP contribution in [-0.2, 0) is 16.6 Å². The van der Waals surface area contributed by atoms with Gasteiger partial charge in [-0.3, -0.25) is 4.90 Å². The minimum absolute atomic E-state index is 0.503. The van der Waals surface area contributed by atoms with Crippen LogP contribution in [0.1, 0.15) is 18.9 Å². The summed E-state index contributed by atoms with van der Waals surface area (Å²) in [5.74, 6) is 0.837. The summed E-state index contributed by atoms with van der Waals surface area (Å²) >= 11 is 0. The molecule has 1 aliphatic carbocycles. The van der Waals surface area contributed by atoms with E-state index in [-0.39, 0.29) is 0 Å².